The van der Waals surface area contributed by atoms with Crippen molar-refractivity contribution in [3.05, 3.63) is 29.3 Å². The van der Waals surface area contributed by atoms with Gasteiger partial charge in [-0.05, 0) is 31.0 Å². The molecule has 1 saturated heterocycles. The Morgan fingerprint density at radius 2 is 2.11 bits per heavy atom. The number of hydrogen-bond acceptors (Lipinski definition) is 3. The molecule has 1 N–H and O–H groups in total. The van der Waals surface area contributed by atoms with Crippen LogP contribution in [0.2, 0.25) is 0 Å². The summed E-state index contributed by atoms with van der Waals surface area (Å²) >= 11 is 0. The zero-order valence-electron chi connectivity index (χ0n) is 11.4. The number of amides is 2. The number of nitrogens with one attached hydrogen (secondary N) is 1. The first kappa shape index (κ1) is 13.7. The van der Waals surface area contributed by atoms with Gasteiger partial charge in [0.2, 0.25) is 0 Å². The van der Waals surface area contributed by atoms with Crippen molar-refractivity contribution in [1.82, 2.24) is 10.2 Å². The molecule has 1 fully saturated rings. The first-order valence-corrected chi connectivity index (χ1v) is 6.48. The van der Waals surface area contributed by atoms with Gasteiger partial charge < -0.3 is 19.7 Å². The molecule has 0 unspecified atom stereocenters. The van der Waals surface area contributed by atoms with Crippen LogP contribution in [0.1, 0.15) is 11.1 Å². The molecule has 104 valence electrons. The third-order valence-electron chi connectivity index (χ3n) is 3.30. The van der Waals surface area contributed by atoms with Gasteiger partial charge >= 0.3 is 6.03 Å². The zero-order valence-corrected chi connectivity index (χ0v) is 11.4. The predicted octanol–water partition coefficient (Wildman–Crippen LogP) is 1.68. The lowest BCUT2D eigenvalue weighted by Gasteiger charge is -2.26. The number of aryl methyl sites for hydroxylation is 1. The van der Waals surface area contributed by atoms with E-state index in [1.807, 2.05) is 32.0 Å². The van der Waals surface area contributed by atoms with Gasteiger partial charge in [0.15, 0.2) is 6.73 Å². The molecule has 1 aliphatic rings. The van der Waals surface area contributed by atoms with E-state index < -0.39 is 0 Å². The van der Waals surface area contributed by atoms with Crippen LogP contribution in [-0.4, -0.2) is 44.0 Å². The van der Waals surface area contributed by atoms with Gasteiger partial charge in [-0.3, -0.25) is 0 Å². The van der Waals surface area contributed by atoms with E-state index >= 15 is 0 Å². The molecule has 0 spiro atoms. The first-order chi connectivity index (χ1) is 9.18. The van der Waals surface area contributed by atoms with Crippen molar-refractivity contribution in [2.24, 2.45) is 0 Å². The third kappa shape index (κ3) is 3.61. The molecule has 1 aliphatic heterocycles. The van der Waals surface area contributed by atoms with Gasteiger partial charge in [-0.1, -0.05) is 12.1 Å². The van der Waals surface area contributed by atoms with Gasteiger partial charge in [0.05, 0.1) is 13.2 Å². The predicted molar refractivity (Wildman–Crippen MR) is 72.3 cm³/mol. The number of carbonyl (C=O) groups is 1. The molecule has 0 aliphatic carbocycles. The van der Waals surface area contributed by atoms with Crippen LogP contribution in [0.5, 0.6) is 5.75 Å². The first-order valence-electron chi connectivity index (χ1n) is 6.48. The van der Waals surface area contributed by atoms with Crippen molar-refractivity contribution in [3.63, 3.8) is 0 Å². The molecule has 1 aromatic carbocycles. The normalized spacial score (nSPS) is 15.2. The highest BCUT2D eigenvalue weighted by Gasteiger charge is 2.16. The highest BCUT2D eigenvalue weighted by molar-refractivity contribution is 5.74. The molecule has 2 amide bonds. The van der Waals surface area contributed by atoms with Crippen molar-refractivity contribution in [2.75, 3.05) is 33.0 Å². The molecular formula is C14H20N2O3. The SMILES string of the molecule is Cc1cccc(OCNC(=O)N2CCOCC2)c1C. The fourth-order valence-corrected chi connectivity index (χ4v) is 1.93. The van der Waals surface area contributed by atoms with Crippen LogP contribution in [0.3, 0.4) is 0 Å². The van der Waals surface area contributed by atoms with Crippen LogP contribution in [0, 0.1) is 13.8 Å². The third-order valence-corrected chi connectivity index (χ3v) is 3.30. The van der Waals surface area contributed by atoms with E-state index in [9.17, 15) is 4.79 Å². The Hall–Kier alpha value is -1.75. The van der Waals surface area contributed by atoms with Gasteiger partial charge in [0, 0.05) is 13.1 Å². The van der Waals surface area contributed by atoms with E-state index in [2.05, 4.69) is 5.32 Å². The molecule has 2 rings (SSSR count). The Morgan fingerprint density at radius 3 is 2.84 bits per heavy atom. The van der Waals surface area contributed by atoms with Gasteiger partial charge in [0.25, 0.3) is 0 Å². The van der Waals surface area contributed by atoms with Gasteiger partial charge in [-0.15, -0.1) is 0 Å². The molecule has 5 heteroatoms. The summed E-state index contributed by atoms with van der Waals surface area (Å²) in [5, 5.41) is 2.76. The minimum Gasteiger partial charge on any atom is -0.473 e. The largest absolute Gasteiger partial charge is 0.473 e. The lowest BCUT2D eigenvalue weighted by atomic mass is 10.1. The van der Waals surface area contributed by atoms with Gasteiger partial charge in [-0.25, -0.2) is 4.79 Å². The van der Waals surface area contributed by atoms with E-state index in [1.165, 1.54) is 5.56 Å². The number of ether oxygens (including phenoxy) is 2. The maximum atomic E-state index is 11.8. The molecule has 1 aromatic rings. The summed E-state index contributed by atoms with van der Waals surface area (Å²) in [7, 11) is 0. The smallest absolute Gasteiger partial charge is 0.320 e. The molecule has 5 nitrogen and oxygen atoms in total. The van der Waals surface area contributed by atoms with E-state index in [0.29, 0.717) is 26.3 Å². The van der Waals surface area contributed by atoms with Crippen LogP contribution >= 0.6 is 0 Å². The molecule has 0 radical (unpaired) electrons. The maximum Gasteiger partial charge on any atom is 0.320 e. The molecule has 19 heavy (non-hydrogen) atoms. The molecule has 0 aromatic heterocycles. The average Bonchev–Trinajstić information content (AvgIpc) is 2.44. The van der Waals surface area contributed by atoms with E-state index in [-0.39, 0.29) is 12.8 Å². The van der Waals surface area contributed by atoms with Crippen molar-refractivity contribution in [3.8, 4) is 5.75 Å². The molecule has 0 bridgehead atoms. The zero-order chi connectivity index (χ0) is 13.7. The number of benzene rings is 1. The van der Waals surface area contributed by atoms with Crippen molar-refractivity contribution < 1.29 is 14.3 Å². The van der Waals surface area contributed by atoms with Crippen LogP contribution in [0.4, 0.5) is 4.79 Å². The summed E-state index contributed by atoms with van der Waals surface area (Å²) in [4.78, 5) is 13.6. The minimum absolute atomic E-state index is 0.103. The Kier molecular flexibility index (Phi) is 4.63. The van der Waals surface area contributed by atoms with Crippen molar-refractivity contribution in [1.29, 1.82) is 0 Å². The standard InChI is InChI=1S/C14H20N2O3/c1-11-4-3-5-13(12(11)2)19-10-15-14(17)16-6-8-18-9-7-16/h3-5H,6-10H2,1-2H3,(H,15,17). The lowest BCUT2D eigenvalue weighted by Crippen LogP contribution is -2.47. The molecular weight excluding hydrogens is 244 g/mol. The van der Waals surface area contributed by atoms with Crippen molar-refractivity contribution >= 4 is 6.03 Å². The quantitative estimate of drug-likeness (QED) is 0.845. The van der Waals surface area contributed by atoms with Crippen LogP contribution in [-0.2, 0) is 4.74 Å². The number of rotatable bonds is 3. The Morgan fingerprint density at radius 1 is 1.37 bits per heavy atom. The van der Waals surface area contributed by atoms with E-state index in [4.69, 9.17) is 9.47 Å². The molecule has 0 saturated carbocycles. The summed E-state index contributed by atoms with van der Waals surface area (Å²) in [5.41, 5.74) is 2.28. The van der Waals surface area contributed by atoms with Gasteiger partial charge in [0.1, 0.15) is 5.75 Å². The van der Waals surface area contributed by atoms with E-state index in [1.54, 1.807) is 4.90 Å². The fourth-order valence-electron chi connectivity index (χ4n) is 1.93. The van der Waals surface area contributed by atoms with Crippen molar-refractivity contribution in [2.45, 2.75) is 13.8 Å². The summed E-state index contributed by atoms with van der Waals surface area (Å²) < 4.78 is 10.8. The summed E-state index contributed by atoms with van der Waals surface area (Å²) in [6, 6.07) is 5.78. The number of morpholine rings is 1. The van der Waals surface area contributed by atoms with Crippen LogP contribution in [0.15, 0.2) is 18.2 Å². The van der Waals surface area contributed by atoms with Crippen LogP contribution in [0.25, 0.3) is 0 Å². The number of urea groups is 1. The lowest BCUT2D eigenvalue weighted by molar-refractivity contribution is 0.0518. The second-order valence-corrected chi connectivity index (χ2v) is 4.57. The topological polar surface area (TPSA) is 50.8 Å². The number of nitrogens with zero attached hydrogens (tertiary/aromatic N) is 1. The Labute approximate surface area is 113 Å². The fraction of sp³-hybridized carbons (Fsp3) is 0.500. The monoisotopic (exact) mass is 264 g/mol. The molecule has 0 atom stereocenters. The molecule has 1 heterocycles. The number of carbonyl (C=O) groups excluding carboxylic acids is 1. The maximum absolute atomic E-state index is 11.8. The minimum atomic E-state index is -0.103. The van der Waals surface area contributed by atoms with Gasteiger partial charge in [-0.2, -0.15) is 0 Å². The highest BCUT2D eigenvalue weighted by Crippen LogP contribution is 2.19. The Bertz CT molecular complexity index is 442. The number of hydrogen-bond donors (Lipinski definition) is 1. The summed E-state index contributed by atoms with van der Waals surface area (Å²) in [5.74, 6) is 0.808. The second-order valence-electron chi connectivity index (χ2n) is 4.57. The summed E-state index contributed by atoms with van der Waals surface area (Å²) in [6.45, 7) is 6.70. The highest BCUT2D eigenvalue weighted by atomic mass is 16.5. The van der Waals surface area contributed by atoms with E-state index in [0.717, 1.165) is 11.3 Å². The second kappa shape index (κ2) is 6.43. The Balaban J connectivity index is 1.79. The van der Waals surface area contributed by atoms with Crippen LogP contribution < -0.4 is 10.1 Å². The summed E-state index contributed by atoms with van der Waals surface area (Å²) in [6.07, 6.45) is 0. The average molecular weight is 264 g/mol.